The summed E-state index contributed by atoms with van der Waals surface area (Å²) in [7, 11) is -1.74. The third-order valence-electron chi connectivity index (χ3n) is 4.11. The molecule has 118 valence electrons. The molecule has 0 spiro atoms. The van der Waals surface area contributed by atoms with Crippen molar-refractivity contribution in [2.24, 2.45) is 0 Å². The van der Waals surface area contributed by atoms with Crippen LogP contribution in [0.5, 0.6) is 0 Å². The van der Waals surface area contributed by atoms with Gasteiger partial charge in [0, 0.05) is 35.5 Å². The summed E-state index contributed by atoms with van der Waals surface area (Å²) in [4.78, 5) is 2.38. The molecule has 0 radical (unpaired) electrons. The number of hydrogen-bond acceptors (Lipinski definition) is 5. The number of sulfonamides is 1. The molecule has 0 amide bonds. The van der Waals surface area contributed by atoms with Crippen LogP contribution < -0.4 is 10.0 Å². The van der Waals surface area contributed by atoms with Gasteiger partial charge in [-0.3, -0.25) is 0 Å². The number of ether oxygens (including phenoxy) is 1. The molecule has 1 aromatic rings. The van der Waals surface area contributed by atoms with Crippen LogP contribution in [0.2, 0.25) is 0 Å². The molecule has 3 rings (SSSR count). The average molecular weight is 330 g/mol. The van der Waals surface area contributed by atoms with Gasteiger partial charge in [0.2, 0.25) is 10.0 Å². The first-order valence-corrected chi connectivity index (χ1v) is 9.65. The molecular weight excluding hydrogens is 308 g/mol. The van der Waals surface area contributed by atoms with Crippen molar-refractivity contribution in [1.82, 2.24) is 10.0 Å². The Hall–Kier alpha value is -0.470. The van der Waals surface area contributed by atoms with E-state index in [4.69, 9.17) is 4.74 Å². The molecule has 2 N–H and O–H groups in total. The molecule has 0 aromatic carbocycles. The highest BCUT2D eigenvalue weighted by molar-refractivity contribution is 7.89. The summed E-state index contributed by atoms with van der Waals surface area (Å²) >= 11 is 1.56. The lowest BCUT2D eigenvalue weighted by atomic mass is 9.90. The number of hydrogen-bond donors (Lipinski definition) is 2. The second-order valence-corrected chi connectivity index (χ2v) is 8.96. The number of nitrogens with one attached hydrogen (secondary N) is 2. The Labute approximate surface area is 130 Å². The molecule has 2 aliphatic carbocycles. The molecule has 2 fully saturated rings. The standard InChI is InChI=1S/C14H22N2O3S2/c1-9-14(7-13(20-9)8-15-10-3-4-10)21(17,18)16-11-5-12(6-11)19-2/h7,10-12,15-16H,3-6,8H2,1-2H3. The Morgan fingerprint density at radius 3 is 2.67 bits per heavy atom. The van der Waals surface area contributed by atoms with Crippen LogP contribution in [0.3, 0.4) is 0 Å². The minimum absolute atomic E-state index is 0.00675. The molecule has 0 saturated heterocycles. The van der Waals surface area contributed by atoms with Crippen molar-refractivity contribution < 1.29 is 13.2 Å². The molecule has 7 heteroatoms. The third kappa shape index (κ3) is 3.65. The Bertz CT molecular complexity index is 602. The third-order valence-corrected chi connectivity index (χ3v) is 6.93. The van der Waals surface area contributed by atoms with E-state index in [1.54, 1.807) is 18.4 Å². The molecule has 21 heavy (non-hydrogen) atoms. The maximum absolute atomic E-state index is 12.4. The molecule has 2 aliphatic rings. The van der Waals surface area contributed by atoms with E-state index in [1.165, 1.54) is 12.8 Å². The highest BCUT2D eigenvalue weighted by Crippen LogP contribution is 2.29. The summed E-state index contributed by atoms with van der Waals surface area (Å²) in [5, 5.41) is 3.42. The van der Waals surface area contributed by atoms with Crippen LogP contribution in [0, 0.1) is 6.92 Å². The zero-order chi connectivity index (χ0) is 15.0. The van der Waals surface area contributed by atoms with Crippen LogP contribution in [0.15, 0.2) is 11.0 Å². The predicted molar refractivity (Wildman–Crippen MR) is 83.1 cm³/mol. The zero-order valence-corrected chi connectivity index (χ0v) is 14.0. The van der Waals surface area contributed by atoms with Gasteiger partial charge in [-0.05, 0) is 38.7 Å². The van der Waals surface area contributed by atoms with Gasteiger partial charge in [-0.15, -0.1) is 11.3 Å². The van der Waals surface area contributed by atoms with E-state index in [0.717, 1.165) is 29.1 Å². The lowest BCUT2D eigenvalue weighted by molar-refractivity contribution is 0.0236. The number of rotatable bonds is 7. The van der Waals surface area contributed by atoms with Gasteiger partial charge >= 0.3 is 0 Å². The van der Waals surface area contributed by atoms with Gasteiger partial charge in [0.25, 0.3) is 0 Å². The van der Waals surface area contributed by atoms with Gasteiger partial charge < -0.3 is 10.1 Å². The average Bonchev–Trinajstić information content (AvgIpc) is 3.13. The molecule has 0 unspecified atom stereocenters. The van der Waals surface area contributed by atoms with Crippen LogP contribution >= 0.6 is 11.3 Å². The van der Waals surface area contributed by atoms with E-state index in [1.807, 2.05) is 13.0 Å². The number of aryl methyl sites for hydroxylation is 1. The molecule has 0 atom stereocenters. The predicted octanol–water partition coefficient (Wildman–Crippen LogP) is 1.76. The van der Waals surface area contributed by atoms with Gasteiger partial charge in [-0.1, -0.05) is 0 Å². The fourth-order valence-corrected chi connectivity index (χ4v) is 5.40. The van der Waals surface area contributed by atoms with Crippen molar-refractivity contribution in [2.45, 2.75) is 62.2 Å². The van der Waals surface area contributed by atoms with Crippen molar-refractivity contribution >= 4 is 21.4 Å². The van der Waals surface area contributed by atoms with Crippen molar-refractivity contribution in [3.8, 4) is 0 Å². The van der Waals surface area contributed by atoms with Crippen molar-refractivity contribution in [2.75, 3.05) is 7.11 Å². The molecule has 2 saturated carbocycles. The minimum Gasteiger partial charge on any atom is -0.381 e. The molecule has 1 aromatic heterocycles. The largest absolute Gasteiger partial charge is 0.381 e. The van der Waals surface area contributed by atoms with Gasteiger partial charge in [0.1, 0.15) is 0 Å². The van der Waals surface area contributed by atoms with E-state index in [-0.39, 0.29) is 12.1 Å². The van der Waals surface area contributed by atoms with Crippen LogP contribution in [0.1, 0.15) is 35.4 Å². The monoisotopic (exact) mass is 330 g/mol. The van der Waals surface area contributed by atoms with Crippen molar-refractivity contribution in [3.63, 3.8) is 0 Å². The van der Waals surface area contributed by atoms with Gasteiger partial charge in [0.15, 0.2) is 0 Å². The molecule has 1 heterocycles. The van der Waals surface area contributed by atoms with Crippen molar-refractivity contribution in [3.05, 3.63) is 15.8 Å². The normalized spacial score (nSPS) is 25.8. The summed E-state index contributed by atoms with van der Waals surface area (Å²) < 4.78 is 32.9. The minimum atomic E-state index is -3.41. The van der Waals surface area contributed by atoms with E-state index in [0.29, 0.717) is 10.9 Å². The Balaban J connectivity index is 1.63. The van der Waals surface area contributed by atoms with Crippen molar-refractivity contribution in [1.29, 1.82) is 0 Å². The Morgan fingerprint density at radius 1 is 1.33 bits per heavy atom. The number of methoxy groups -OCH3 is 1. The Morgan fingerprint density at radius 2 is 2.05 bits per heavy atom. The van der Waals surface area contributed by atoms with Gasteiger partial charge in [-0.2, -0.15) is 0 Å². The fourth-order valence-electron chi connectivity index (χ4n) is 2.55. The quantitative estimate of drug-likeness (QED) is 0.799. The van der Waals surface area contributed by atoms with Crippen LogP contribution in [0.25, 0.3) is 0 Å². The summed E-state index contributed by atoms with van der Waals surface area (Å²) in [6, 6.07) is 2.45. The van der Waals surface area contributed by atoms with Crippen LogP contribution in [0.4, 0.5) is 0 Å². The Kier molecular flexibility index (Phi) is 4.38. The highest BCUT2D eigenvalue weighted by atomic mass is 32.2. The summed E-state index contributed by atoms with van der Waals surface area (Å²) in [6.07, 6.45) is 4.18. The first-order chi connectivity index (χ1) is 9.98. The molecule has 5 nitrogen and oxygen atoms in total. The number of thiophene rings is 1. The highest BCUT2D eigenvalue weighted by Gasteiger charge is 2.33. The summed E-state index contributed by atoms with van der Waals surface area (Å²) in [5.41, 5.74) is 0. The smallest absolute Gasteiger partial charge is 0.241 e. The summed E-state index contributed by atoms with van der Waals surface area (Å²) in [5.74, 6) is 0. The first-order valence-electron chi connectivity index (χ1n) is 7.36. The maximum Gasteiger partial charge on any atom is 0.241 e. The molecular formula is C14H22N2O3S2. The zero-order valence-electron chi connectivity index (χ0n) is 12.4. The first kappa shape index (κ1) is 15.4. The van der Waals surface area contributed by atoms with E-state index >= 15 is 0 Å². The lowest BCUT2D eigenvalue weighted by Gasteiger charge is -2.34. The van der Waals surface area contributed by atoms with Gasteiger partial charge in [-0.25, -0.2) is 13.1 Å². The second kappa shape index (κ2) is 5.96. The van der Waals surface area contributed by atoms with Crippen LogP contribution in [-0.4, -0.2) is 33.7 Å². The fraction of sp³-hybridized carbons (Fsp3) is 0.714. The van der Waals surface area contributed by atoms with Gasteiger partial charge in [0.05, 0.1) is 11.0 Å². The van der Waals surface area contributed by atoms with E-state index < -0.39 is 10.0 Å². The van der Waals surface area contributed by atoms with Crippen LogP contribution in [-0.2, 0) is 21.3 Å². The SMILES string of the molecule is COC1CC(NS(=O)(=O)c2cc(CNC3CC3)sc2C)C1. The molecule has 0 bridgehead atoms. The topological polar surface area (TPSA) is 67.4 Å². The maximum atomic E-state index is 12.4. The summed E-state index contributed by atoms with van der Waals surface area (Å²) in [6.45, 7) is 2.64. The second-order valence-electron chi connectivity index (χ2n) is 5.94. The van der Waals surface area contributed by atoms with E-state index in [2.05, 4.69) is 10.0 Å². The molecule has 0 aliphatic heterocycles. The van der Waals surface area contributed by atoms with E-state index in [9.17, 15) is 8.42 Å². The lowest BCUT2D eigenvalue weighted by Crippen LogP contribution is -2.47.